The van der Waals surface area contributed by atoms with E-state index in [4.69, 9.17) is 0 Å². The Hall–Kier alpha value is -2.25. The van der Waals surface area contributed by atoms with Crippen LogP contribution in [-0.4, -0.2) is 10.1 Å². The van der Waals surface area contributed by atoms with E-state index in [0.717, 1.165) is 18.2 Å². The topological polar surface area (TPSA) is 33.1 Å². The second kappa shape index (κ2) is 4.94. The van der Waals surface area contributed by atoms with E-state index in [1.165, 1.54) is 0 Å². The van der Waals surface area contributed by atoms with Gasteiger partial charge in [0, 0.05) is 5.56 Å². The Morgan fingerprint density at radius 3 is 1.81 bits per heavy atom. The molecule has 0 spiro atoms. The summed E-state index contributed by atoms with van der Waals surface area (Å²) in [5.41, 5.74) is -2.67. The fourth-order valence-corrected chi connectivity index (χ4v) is 1.64. The third kappa shape index (κ3) is 3.26. The molecular formula is C13H7F6NO. The summed E-state index contributed by atoms with van der Waals surface area (Å²) in [6.07, 6.45) is -9.27. The second-order valence-corrected chi connectivity index (χ2v) is 4.14. The van der Waals surface area contributed by atoms with Crippen LogP contribution in [0.5, 0.6) is 5.75 Å². The quantitative estimate of drug-likeness (QED) is 0.787. The Morgan fingerprint density at radius 1 is 0.762 bits per heavy atom. The molecular weight excluding hydrogens is 300 g/mol. The molecule has 0 aliphatic rings. The number of halogens is 6. The van der Waals surface area contributed by atoms with Gasteiger partial charge in [0.1, 0.15) is 17.1 Å². The third-order valence-electron chi connectivity index (χ3n) is 2.65. The van der Waals surface area contributed by atoms with Gasteiger partial charge in [0.25, 0.3) is 0 Å². The van der Waals surface area contributed by atoms with Gasteiger partial charge in [-0.3, -0.25) is 0 Å². The van der Waals surface area contributed by atoms with Crippen LogP contribution in [0, 0.1) is 0 Å². The number of alkyl halides is 6. The number of hydrogen-bond acceptors (Lipinski definition) is 2. The molecule has 0 aliphatic heterocycles. The average Bonchev–Trinajstić information content (AvgIpc) is 2.37. The van der Waals surface area contributed by atoms with E-state index in [-0.39, 0.29) is 5.56 Å². The lowest BCUT2D eigenvalue weighted by molar-refractivity contribution is -0.141. The minimum atomic E-state index is -4.71. The van der Waals surface area contributed by atoms with Crippen molar-refractivity contribution in [1.82, 2.24) is 4.98 Å². The summed E-state index contributed by atoms with van der Waals surface area (Å²) in [6, 6.07) is 4.69. The van der Waals surface area contributed by atoms with Gasteiger partial charge < -0.3 is 5.11 Å². The van der Waals surface area contributed by atoms with E-state index < -0.39 is 35.1 Å². The lowest BCUT2D eigenvalue weighted by atomic mass is 10.1. The molecule has 2 rings (SSSR count). The first-order valence-corrected chi connectivity index (χ1v) is 5.54. The Labute approximate surface area is 114 Å². The maximum atomic E-state index is 12.5. The SMILES string of the molecule is Oc1ccc(C(F)(F)F)nc1-c1ccc(C(F)(F)F)cc1. The van der Waals surface area contributed by atoms with E-state index in [2.05, 4.69) is 4.98 Å². The van der Waals surface area contributed by atoms with Crippen molar-refractivity contribution in [3.8, 4) is 17.0 Å². The van der Waals surface area contributed by atoms with Crippen molar-refractivity contribution in [1.29, 1.82) is 0 Å². The van der Waals surface area contributed by atoms with Crippen LogP contribution in [0.4, 0.5) is 26.3 Å². The van der Waals surface area contributed by atoms with Gasteiger partial charge in [0.2, 0.25) is 0 Å². The molecule has 1 aromatic heterocycles. The summed E-state index contributed by atoms with van der Waals surface area (Å²) in [5.74, 6) is -0.553. The first-order valence-electron chi connectivity index (χ1n) is 5.54. The van der Waals surface area contributed by atoms with Gasteiger partial charge >= 0.3 is 12.4 Å². The van der Waals surface area contributed by atoms with Crippen LogP contribution in [0.1, 0.15) is 11.3 Å². The number of rotatable bonds is 1. The van der Waals surface area contributed by atoms with Crippen molar-refractivity contribution in [2.75, 3.05) is 0 Å². The van der Waals surface area contributed by atoms with Gasteiger partial charge in [-0.1, -0.05) is 12.1 Å². The maximum absolute atomic E-state index is 12.5. The highest BCUT2D eigenvalue weighted by molar-refractivity contribution is 5.66. The minimum Gasteiger partial charge on any atom is -0.506 e. The number of aromatic hydroxyl groups is 1. The molecule has 0 amide bonds. The molecule has 0 saturated heterocycles. The summed E-state index contributed by atoms with van der Waals surface area (Å²) < 4.78 is 74.9. The average molecular weight is 307 g/mol. The Kier molecular flexibility index (Phi) is 3.56. The third-order valence-corrected chi connectivity index (χ3v) is 2.65. The zero-order valence-corrected chi connectivity index (χ0v) is 10.1. The van der Waals surface area contributed by atoms with Gasteiger partial charge in [-0.05, 0) is 24.3 Å². The smallest absolute Gasteiger partial charge is 0.433 e. The molecule has 0 radical (unpaired) electrons. The number of nitrogens with zero attached hydrogens (tertiary/aromatic N) is 1. The Balaban J connectivity index is 2.47. The molecule has 0 saturated carbocycles. The van der Waals surface area contributed by atoms with Crippen LogP contribution >= 0.6 is 0 Å². The van der Waals surface area contributed by atoms with E-state index in [1.54, 1.807) is 0 Å². The van der Waals surface area contributed by atoms with Crippen molar-refractivity contribution in [3.63, 3.8) is 0 Å². The molecule has 0 fully saturated rings. The summed E-state index contributed by atoms with van der Waals surface area (Å²) in [6.45, 7) is 0. The summed E-state index contributed by atoms with van der Waals surface area (Å²) in [5, 5.41) is 9.53. The highest BCUT2D eigenvalue weighted by Crippen LogP contribution is 2.35. The van der Waals surface area contributed by atoms with E-state index >= 15 is 0 Å². The molecule has 1 N–H and O–H groups in total. The molecule has 2 aromatic rings. The molecule has 1 aromatic carbocycles. The fourth-order valence-electron chi connectivity index (χ4n) is 1.64. The zero-order valence-electron chi connectivity index (χ0n) is 10.1. The number of aromatic nitrogens is 1. The van der Waals surface area contributed by atoms with Crippen LogP contribution in [0.15, 0.2) is 36.4 Å². The Bertz CT molecular complexity index is 645. The standard InChI is InChI=1S/C13H7F6NO/c14-12(15,16)8-3-1-7(2-4-8)11-9(21)5-6-10(20-11)13(17,18)19/h1-6,21H. The molecule has 0 aliphatic carbocycles. The van der Waals surface area contributed by atoms with Crippen LogP contribution < -0.4 is 0 Å². The highest BCUT2D eigenvalue weighted by Gasteiger charge is 2.33. The predicted octanol–water partition coefficient (Wildman–Crippen LogP) is 4.49. The van der Waals surface area contributed by atoms with Crippen molar-refractivity contribution in [2.45, 2.75) is 12.4 Å². The molecule has 21 heavy (non-hydrogen) atoms. The summed E-state index contributed by atoms with van der Waals surface area (Å²) in [4.78, 5) is 3.25. The van der Waals surface area contributed by atoms with Crippen molar-refractivity contribution in [3.05, 3.63) is 47.7 Å². The monoisotopic (exact) mass is 307 g/mol. The van der Waals surface area contributed by atoms with Crippen LogP contribution in [-0.2, 0) is 12.4 Å². The van der Waals surface area contributed by atoms with Gasteiger partial charge in [-0.2, -0.15) is 26.3 Å². The lowest BCUT2D eigenvalue weighted by Crippen LogP contribution is -2.08. The lowest BCUT2D eigenvalue weighted by Gasteiger charge is -2.11. The van der Waals surface area contributed by atoms with E-state index in [9.17, 15) is 31.4 Å². The van der Waals surface area contributed by atoms with Gasteiger partial charge in [-0.15, -0.1) is 0 Å². The van der Waals surface area contributed by atoms with Gasteiger partial charge in [0.15, 0.2) is 0 Å². The molecule has 0 atom stereocenters. The molecule has 112 valence electrons. The van der Waals surface area contributed by atoms with Crippen molar-refractivity contribution < 1.29 is 31.4 Å². The second-order valence-electron chi connectivity index (χ2n) is 4.14. The minimum absolute atomic E-state index is 0.0494. The normalized spacial score (nSPS) is 12.5. The first-order chi connectivity index (χ1) is 9.59. The predicted molar refractivity (Wildman–Crippen MR) is 61.3 cm³/mol. The van der Waals surface area contributed by atoms with Gasteiger partial charge in [0.05, 0.1) is 5.56 Å². The first kappa shape index (κ1) is 15.1. The van der Waals surface area contributed by atoms with Crippen LogP contribution in [0.2, 0.25) is 0 Å². The highest BCUT2D eigenvalue weighted by atomic mass is 19.4. The summed E-state index contributed by atoms with van der Waals surface area (Å²) in [7, 11) is 0. The number of benzene rings is 1. The largest absolute Gasteiger partial charge is 0.506 e. The van der Waals surface area contributed by atoms with Crippen LogP contribution in [0.25, 0.3) is 11.3 Å². The van der Waals surface area contributed by atoms with Gasteiger partial charge in [-0.25, -0.2) is 4.98 Å². The van der Waals surface area contributed by atoms with Crippen molar-refractivity contribution in [2.24, 2.45) is 0 Å². The molecule has 0 unspecified atom stereocenters. The maximum Gasteiger partial charge on any atom is 0.433 e. The molecule has 8 heteroatoms. The summed E-state index contributed by atoms with van der Waals surface area (Å²) >= 11 is 0. The number of pyridine rings is 1. The van der Waals surface area contributed by atoms with E-state index in [1.807, 2.05) is 0 Å². The number of hydrogen-bond donors (Lipinski definition) is 1. The zero-order chi connectivity index (χ0) is 15.8. The van der Waals surface area contributed by atoms with Crippen molar-refractivity contribution >= 4 is 0 Å². The molecule has 0 bridgehead atoms. The van der Waals surface area contributed by atoms with E-state index in [0.29, 0.717) is 18.2 Å². The molecule has 2 nitrogen and oxygen atoms in total. The Morgan fingerprint density at radius 2 is 1.33 bits per heavy atom. The van der Waals surface area contributed by atoms with Crippen LogP contribution in [0.3, 0.4) is 0 Å². The fraction of sp³-hybridized carbons (Fsp3) is 0.154. The molecule has 1 heterocycles.